The Labute approximate surface area is 167 Å². The van der Waals surface area contributed by atoms with Crippen molar-refractivity contribution in [2.45, 2.75) is 0 Å². The zero-order valence-corrected chi connectivity index (χ0v) is 15.5. The van der Waals surface area contributed by atoms with Crippen LogP contribution in [-0.4, -0.2) is 17.3 Å². The molecule has 0 bridgehead atoms. The Morgan fingerprint density at radius 1 is 0.690 bits per heavy atom. The van der Waals surface area contributed by atoms with Gasteiger partial charge in [-0.25, -0.2) is 0 Å². The van der Waals surface area contributed by atoms with Crippen molar-refractivity contribution in [3.05, 3.63) is 95.1 Å². The van der Waals surface area contributed by atoms with Crippen LogP contribution in [0, 0.1) is 0 Å². The smallest absolute Gasteiger partial charge is 0.233 e. The Bertz CT molecular complexity index is 1140. The van der Waals surface area contributed by atoms with E-state index < -0.39 is 11.6 Å². The summed E-state index contributed by atoms with van der Waals surface area (Å²) in [6, 6.07) is 19.1. The molecule has 0 amide bonds. The number of nitrogens with two attached hydrogens (primary N) is 3. The highest BCUT2D eigenvalue weighted by Crippen LogP contribution is 2.27. The first-order valence-corrected chi connectivity index (χ1v) is 8.79. The third-order valence-electron chi connectivity index (χ3n) is 4.44. The van der Waals surface area contributed by atoms with Crippen molar-refractivity contribution in [2.24, 2.45) is 0 Å². The second-order valence-corrected chi connectivity index (χ2v) is 6.34. The molecule has 29 heavy (non-hydrogen) atoms. The molecular weight excluding hydrogens is 366 g/mol. The van der Waals surface area contributed by atoms with Crippen LogP contribution in [-0.2, 0) is 4.79 Å². The van der Waals surface area contributed by atoms with E-state index >= 15 is 0 Å². The second kappa shape index (κ2) is 8.22. The predicted molar refractivity (Wildman–Crippen MR) is 114 cm³/mol. The lowest BCUT2D eigenvalue weighted by atomic mass is 9.96. The molecule has 0 radical (unpaired) electrons. The largest absolute Gasteiger partial charge is 0.397 e. The van der Waals surface area contributed by atoms with Crippen molar-refractivity contribution in [2.75, 3.05) is 17.2 Å². The molecule has 6 N–H and O–H groups in total. The van der Waals surface area contributed by atoms with Gasteiger partial charge in [0, 0.05) is 16.7 Å². The lowest BCUT2D eigenvalue weighted by Gasteiger charge is -2.09. The monoisotopic (exact) mass is 385 g/mol. The normalized spacial score (nSPS) is 12.0. The summed E-state index contributed by atoms with van der Waals surface area (Å²) in [4.78, 5) is 34.3. The molecule has 0 aromatic heterocycles. The van der Waals surface area contributed by atoms with Crippen LogP contribution in [0.3, 0.4) is 0 Å². The van der Waals surface area contributed by atoms with E-state index in [0.29, 0.717) is 22.4 Å². The van der Waals surface area contributed by atoms with Gasteiger partial charge in [-0.05, 0) is 23.8 Å². The lowest BCUT2D eigenvalue weighted by molar-refractivity contribution is -0.110. The number of rotatable bonds is 2. The Morgan fingerprint density at radius 2 is 1.34 bits per heavy atom. The van der Waals surface area contributed by atoms with Crippen LogP contribution >= 0.6 is 0 Å². The number of carbonyl (C=O) groups excluding carboxylic acids is 3. The summed E-state index contributed by atoms with van der Waals surface area (Å²) >= 11 is 0. The molecule has 0 fully saturated rings. The first kappa shape index (κ1) is 19.6. The maximum absolute atomic E-state index is 12.2. The molecule has 3 aromatic carbocycles. The molecule has 0 saturated heterocycles. The van der Waals surface area contributed by atoms with Crippen LogP contribution in [0.5, 0.6) is 0 Å². The van der Waals surface area contributed by atoms with E-state index in [1.165, 1.54) is 6.08 Å². The summed E-state index contributed by atoms with van der Waals surface area (Å²) in [6.07, 6.45) is 2.98. The van der Waals surface area contributed by atoms with Gasteiger partial charge in [-0.1, -0.05) is 60.7 Å². The molecule has 0 spiro atoms. The van der Waals surface area contributed by atoms with Gasteiger partial charge in [0.15, 0.2) is 5.78 Å². The molecule has 1 aliphatic rings. The number of anilines is 3. The Balaban J connectivity index is 0.000000176. The third kappa shape index (κ3) is 4.06. The zero-order chi connectivity index (χ0) is 21.0. The van der Waals surface area contributed by atoms with Crippen LogP contribution in [0.1, 0.15) is 31.8 Å². The third-order valence-corrected chi connectivity index (χ3v) is 4.44. The number of allylic oxidation sites excluding steroid dienone is 1. The molecule has 0 atom stereocenters. The van der Waals surface area contributed by atoms with Gasteiger partial charge in [-0.15, -0.1) is 0 Å². The van der Waals surface area contributed by atoms with Gasteiger partial charge in [0.2, 0.25) is 11.6 Å². The number of nitrogen functional groups attached to an aromatic ring is 3. The van der Waals surface area contributed by atoms with Gasteiger partial charge in [0.1, 0.15) is 0 Å². The van der Waals surface area contributed by atoms with E-state index in [-0.39, 0.29) is 17.2 Å². The molecule has 0 heterocycles. The maximum atomic E-state index is 12.2. The van der Waals surface area contributed by atoms with Crippen molar-refractivity contribution >= 4 is 40.5 Å². The highest BCUT2D eigenvalue weighted by molar-refractivity contribution is 6.49. The first-order valence-electron chi connectivity index (χ1n) is 8.79. The van der Waals surface area contributed by atoms with E-state index in [1.807, 2.05) is 18.2 Å². The number of Topliss-reactive ketones (excluding diaryl/α,β-unsaturated/α-hetero) is 1. The molecule has 6 heteroatoms. The van der Waals surface area contributed by atoms with E-state index in [9.17, 15) is 14.4 Å². The van der Waals surface area contributed by atoms with Gasteiger partial charge in [-0.3, -0.25) is 14.4 Å². The molecule has 4 rings (SSSR count). The molecular formula is C23H19N3O3. The molecule has 0 aliphatic heterocycles. The number of fused-ring (bicyclic) bond motifs is 1. The predicted octanol–water partition coefficient (Wildman–Crippen LogP) is 3.13. The average Bonchev–Trinajstić information content (AvgIpc) is 2.76. The fraction of sp³-hybridized carbons (Fsp3) is 0. The van der Waals surface area contributed by atoms with Crippen LogP contribution in [0.25, 0.3) is 6.08 Å². The van der Waals surface area contributed by atoms with E-state index in [4.69, 9.17) is 17.2 Å². The van der Waals surface area contributed by atoms with Gasteiger partial charge in [0.25, 0.3) is 0 Å². The number of benzene rings is 3. The SMILES string of the molecule is Nc1ccc(C(=O)c2ccccc2)c(N)c1N.O=C1C=Cc2ccccc2C1=O. The van der Waals surface area contributed by atoms with Crippen LogP contribution in [0.15, 0.2) is 72.8 Å². The van der Waals surface area contributed by atoms with E-state index in [2.05, 4.69) is 0 Å². The molecule has 0 unspecified atom stereocenters. The zero-order valence-electron chi connectivity index (χ0n) is 15.5. The quantitative estimate of drug-likeness (QED) is 0.353. The molecule has 1 aliphatic carbocycles. The summed E-state index contributed by atoms with van der Waals surface area (Å²) in [6.45, 7) is 0. The number of ketones is 3. The molecule has 144 valence electrons. The Kier molecular flexibility index (Phi) is 5.55. The fourth-order valence-electron chi connectivity index (χ4n) is 2.82. The highest BCUT2D eigenvalue weighted by atomic mass is 16.2. The summed E-state index contributed by atoms with van der Waals surface area (Å²) in [7, 11) is 0. The van der Waals surface area contributed by atoms with Gasteiger partial charge < -0.3 is 17.2 Å². The number of hydrogen-bond acceptors (Lipinski definition) is 6. The van der Waals surface area contributed by atoms with Crippen molar-refractivity contribution in [1.82, 2.24) is 0 Å². The number of hydrogen-bond donors (Lipinski definition) is 3. The minimum absolute atomic E-state index is 0.158. The molecule has 3 aromatic rings. The summed E-state index contributed by atoms with van der Waals surface area (Å²) in [5.74, 6) is -1.00. The van der Waals surface area contributed by atoms with Crippen molar-refractivity contribution < 1.29 is 14.4 Å². The van der Waals surface area contributed by atoms with Gasteiger partial charge in [-0.2, -0.15) is 0 Å². The first-order chi connectivity index (χ1) is 13.9. The Morgan fingerprint density at radius 3 is 2.07 bits per heavy atom. The van der Waals surface area contributed by atoms with Crippen molar-refractivity contribution in [1.29, 1.82) is 0 Å². The lowest BCUT2D eigenvalue weighted by Crippen LogP contribution is -2.15. The average molecular weight is 385 g/mol. The Hall–Kier alpha value is -4.19. The summed E-state index contributed by atoms with van der Waals surface area (Å²) < 4.78 is 0. The van der Waals surface area contributed by atoms with Crippen LogP contribution < -0.4 is 17.2 Å². The van der Waals surface area contributed by atoms with Crippen LogP contribution in [0.4, 0.5) is 17.1 Å². The van der Waals surface area contributed by atoms with Crippen molar-refractivity contribution in [3.8, 4) is 0 Å². The van der Waals surface area contributed by atoms with E-state index in [0.717, 1.165) is 5.56 Å². The minimum atomic E-state index is -0.436. The fourth-order valence-corrected chi connectivity index (χ4v) is 2.82. The van der Waals surface area contributed by atoms with Gasteiger partial charge >= 0.3 is 0 Å². The number of carbonyl (C=O) groups is 3. The molecule has 0 saturated carbocycles. The van der Waals surface area contributed by atoms with Gasteiger partial charge in [0.05, 0.1) is 17.1 Å². The highest BCUT2D eigenvalue weighted by Gasteiger charge is 2.19. The van der Waals surface area contributed by atoms with Crippen molar-refractivity contribution in [3.63, 3.8) is 0 Å². The molecule has 6 nitrogen and oxygen atoms in total. The summed E-state index contributed by atoms with van der Waals surface area (Å²) in [5, 5.41) is 0. The van der Waals surface area contributed by atoms with E-state index in [1.54, 1.807) is 54.6 Å². The van der Waals surface area contributed by atoms with Crippen LogP contribution in [0.2, 0.25) is 0 Å². The minimum Gasteiger partial charge on any atom is -0.397 e. The summed E-state index contributed by atoms with van der Waals surface area (Å²) in [5.41, 5.74) is 20.3. The standard InChI is InChI=1S/C13H13N3O.C10H6O2/c14-10-7-6-9(11(15)12(10)16)13(17)8-4-2-1-3-5-8;11-9-6-5-7-3-1-2-4-8(7)10(9)12/h1-7H,14-16H2;1-6H. The second-order valence-electron chi connectivity index (χ2n) is 6.34. The maximum Gasteiger partial charge on any atom is 0.233 e. The topological polar surface area (TPSA) is 129 Å².